The minimum atomic E-state index is 0.483. The first-order valence-corrected chi connectivity index (χ1v) is 6.81. The van der Waals surface area contributed by atoms with Crippen LogP contribution in [0.3, 0.4) is 0 Å². The summed E-state index contributed by atoms with van der Waals surface area (Å²) in [6.07, 6.45) is 9.55. The van der Waals surface area contributed by atoms with E-state index in [9.17, 15) is 0 Å². The maximum atomic E-state index is 6.22. The molecule has 15 heavy (non-hydrogen) atoms. The summed E-state index contributed by atoms with van der Waals surface area (Å²) in [4.78, 5) is 2.70. The van der Waals surface area contributed by atoms with Crippen LogP contribution in [-0.2, 0) is 0 Å². The topological polar surface area (TPSA) is 29.3 Å². The van der Waals surface area contributed by atoms with E-state index in [0.717, 1.165) is 12.0 Å². The summed E-state index contributed by atoms with van der Waals surface area (Å²) in [6, 6.07) is 1.40. The molecule has 2 saturated carbocycles. The van der Waals surface area contributed by atoms with Crippen molar-refractivity contribution in [2.75, 3.05) is 13.1 Å². The molecule has 2 fully saturated rings. The van der Waals surface area contributed by atoms with Gasteiger partial charge in [0.15, 0.2) is 0 Å². The third-order valence-corrected chi connectivity index (χ3v) is 4.01. The van der Waals surface area contributed by atoms with Crippen LogP contribution in [0.5, 0.6) is 0 Å². The average molecular weight is 210 g/mol. The Hall–Kier alpha value is -0.0800. The smallest absolute Gasteiger partial charge is 0.00965 e. The predicted molar refractivity (Wildman–Crippen MR) is 64.8 cm³/mol. The third kappa shape index (κ3) is 3.18. The zero-order valence-corrected chi connectivity index (χ0v) is 10.1. The first-order chi connectivity index (χ1) is 7.31. The van der Waals surface area contributed by atoms with E-state index in [1.807, 2.05) is 0 Å². The van der Waals surface area contributed by atoms with Crippen LogP contribution in [0.2, 0.25) is 0 Å². The minimum absolute atomic E-state index is 0.483. The zero-order valence-electron chi connectivity index (χ0n) is 10.1. The van der Waals surface area contributed by atoms with Crippen molar-refractivity contribution in [3.8, 4) is 0 Å². The second-order valence-electron chi connectivity index (χ2n) is 5.43. The molecule has 0 aromatic heterocycles. The largest absolute Gasteiger partial charge is 0.327 e. The predicted octanol–water partition coefficient (Wildman–Crippen LogP) is 2.38. The Balaban J connectivity index is 1.81. The third-order valence-electron chi connectivity index (χ3n) is 4.01. The van der Waals surface area contributed by atoms with Crippen molar-refractivity contribution in [1.82, 2.24) is 4.90 Å². The van der Waals surface area contributed by atoms with Gasteiger partial charge in [0.05, 0.1) is 0 Å². The lowest BCUT2D eigenvalue weighted by molar-refractivity contribution is 0.177. The molecule has 0 aliphatic heterocycles. The van der Waals surface area contributed by atoms with Gasteiger partial charge in [-0.25, -0.2) is 0 Å². The molecular weight excluding hydrogens is 184 g/mol. The standard InChI is InChI=1S/C13H26N2/c1-2-9-15(12-7-8-12)10-11-5-3-4-6-13(11)14/h11-13H,2-10,14H2,1H3. The van der Waals surface area contributed by atoms with E-state index in [1.165, 1.54) is 58.0 Å². The molecule has 2 aliphatic rings. The molecule has 2 N–H and O–H groups in total. The van der Waals surface area contributed by atoms with E-state index < -0.39 is 0 Å². The summed E-state index contributed by atoms with van der Waals surface area (Å²) in [6.45, 7) is 4.85. The maximum Gasteiger partial charge on any atom is 0.00965 e. The van der Waals surface area contributed by atoms with Crippen LogP contribution in [0.4, 0.5) is 0 Å². The summed E-state index contributed by atoms with van der Waals surface area (Å²) in [7, 11) is 0. The summed E-state index contributed by atoms with van der Waals surface area (Å²) in [5.74, 6) is 0.783. The van der Waals surface area contributed by atoms with Gasteiger partial charge >= 0.3 is 0 Å². The van der Waals surface area contributed by atoms with Crippen molar-refractivity contribution >= 4 is 0 Å². The summed E-state index contributed by atoms with van der Waals surface area (Å²) >= 11 is 0. The molecule has 2 atom stereocenters. The van der Waals surface area contributed by atoms with Crippen LogP contribution in [0.15, 0.2) is 0 Å². The number of hydrogen-bond donors (Lipinski definition) is 1. The molecule has 2 aliphatic carbocycles. The van der Waals surface area contributed by atoms with E-state index in [4.69, 9.17) is 5.73 Å². The molecule has 0 radical (unpaired) electrons. The van der Waals surface area contributed by atoms with Crippen LogP contribution < -0.4 is 5.73 Å². The second-order valence-corrected chi connectivity index (χ2v) is 5.43. The van der Waals surface area contributed by atoms with Gasteiger partial charge in [0, 0.05) is 18.6 Å². The Morgan fingerprint density at radius 2 is 1.87 bits per heavy atom. The van der Waals surface area contributed by atoms with Gasteiger partial charge in [0.1, 0.15) is 0 Å². The number of rotatable bonds is 5. The number of nitrogens with zero attached hydrogens (tertiary/aromatic N) is 1. The number of nitrogens with two attached hydrogens (primary N) is 1. The maximum absolute atomic E-state index is 6.22. The molecule has 2 rings (SSSR count). The van der Waals surface area contributed by atoms with Crippen LogP contribution in [0, 0.1) is 5.92 Å². The zero-order chi connectivity index (χ0) is 10.7. The second kappa shape index (κ2) is 5.31. The lowest BCUT2D eigenvalue weighted by atomic mass is 9.84. The van der Waals surface area contributed by atoms with Crippen molar-refractivity contribution in [2.24, 2.45) is 11.7 Å². The highest BCUT2D eigenvalue weighted by atomic mass is 15.2. The lowest BCUT2D eigenvalue weighted by Gasteiger charge is -2.33. The summed E-state index contributed by atoms with van der Waals surface area (Å²) in [5, 5.41) is 0. The monoisotopic (exact) mass is 210 g/mol. The Labute approximate surface area is 94.2 Å². The number of hydrogen-bond acceptors (Lipinski definition) is 2. The Kier molecular flexibility index (Phi) is 4.04. The van der Waals surface area contributed by atoms with Gasteiger partial charge in [-0.15, -0.1) is 0 Å². The molecule has 0 heterocycles. The van der Waals surface area contributed by atoms with Crippen molar-refractivity contribution in [1.29, 1.82) is 0 Å². The van der Waals surface area contributed by atoms with Crippen molar-refractivity contribution in [3.05, 3.63) is 0 Å². The average Bonchev–Trinajstić information content (AvgIpc) is 3.04. The summed E-state index contributed by atoms with van der Waals surface area (Å²) in [5.41, 5.74) is 6.22. The fourth-order valence-electron chi connectivity index (χ4n) is 2.91. The van der Waals surface area contributed by atoms with Crippen molar-refractivity contribution in [3.63, 3.8) is 0 Å². The first kappa shape index (κ1) is 11.4. The van der Waals surface area contributed by atoms with Gasteiger partial charge in [-0.2, -0.15) is 0 Å². The van der Waals surface area contributed by atoms with Gasteiger partial charge < -0.3 is 10.6 Å². The molecule has 88 valence electrons. The SMILES string of the molecule is CCCN(CC1CCCCC1N)C1CC1. The van der Waals surface area contributed by atoms with Crippen LogP contribution in [0.25, 0.3) is 0 Å². The first-order valence-electron chi connectivity index (χ1n) is 6.81. The molecule has 0 aromatic rings. The molecule has 0 amide bonds. The molecule has 0 bridgehead atoms. The van der Waals surface area contributed by atoms with E-state index in [1.54, 1.807) is 0 Å². The highest BCUT2D eigenvalue weighted by Gasteiger charge is 2.32. The Morgan fingerprint density at radius 1 is 1.13 bits per heavy atom. The highest BCUT2D eigenvalue weighted by molar-refractivity contribution is 4.88. The summed E-state index contributed by atoms with van der Waals surface area (Å²) < 4.78 is 0. The minimum Gasteiger partial charge on any atom is -0.327 e. The molecule has 2 unspecified atom stereocenters. The van der Waals surface area contributed by atoms with Crippen LogP contribution in [0.1, 0.15) is 51.9 Å². The van der Waals surface area contributed by atoms with Crippen molar-refractivity contribution < 1.29 is 0 Å². The molecule has 2 heteroatoms. The molecular formula is C13H26N2. The normalized spacial score (nSPS) is 32.2. The van der Waals surface area contributed by atoms with Crippen LogP contribution in [-0.4, -0.2) is 30.1 Å². The molecule has 0 spiro atoms. The van der Waals surface area contributed by atoms with Gasteiger partial charge in [0.25, 0.3) is 0 Å². The quantitative estimate of drug-likeness (QED) is 0.755. The van der Waals surface area contributed by atoms with Gasteiger partial charge in [0.2, 0.25) is 0 Å². The Morgan fingerprint density at radius 3 is 2.47 bits per heavy atom. The van der Waals surface area contributed by atoms with Gasteiger partial charge in [-0.05, 0) is 44.6 Å². The Bertz CT molecular complexity index is 187. The fraction of sp³-hybridized carbons (Fsp3) is 1.00. The van der Waals surface area contributed by atoms with Gasteiger partial charge in [-0.3, -0.25) is 0 Å². The van der Waals surface area contributed by atoms with E-state index in [-0.39, 0.29) is 0 Å². The van der Waals surface area contributed by atoms with E-state index >= 15 is 0 Å². The van der Waals surface area contributed by atoms with Gasteiger partial charge in [-0.1, -0.05) is 19.8 Å². The van der Waals surface area contributed by atoms with E-state index in [0.29, 0.717) is 6.04 Å². The lowest BCUT2D eigenvalue weighted by Crippen LogP contribution is -2.42. The molecule has 2 nitrogen and oxygen atoms in total. The fourth-order valence-corrected chi connectivity index (χ4v) is 2.91. The van der Waals surface area contributed by atoms with E-state index in [2.05, 4.69) is 11.8 Å². The molecule has 0 aromatic carbocycles. The molecule has 0 saturated heterocycles. The van der Waals surface area contributed by atoms with Crippen LogP contribution >= 0.6 is 0 Å². The van der Waals surface area contributed by atoms with Crippen molar-refractivity contribution in [2.45, 2.75) is 64.0 Å². The highest BCUT2D eigenvalue weighted by Crippen LogP contribution is 2.30.